The minimum atomic E-state index is -4.59. The molecule has 8 heteroatoms. The maximum atomic E-state index is 12.8. The van der Waals surface area contributed by atoms with Crippen molar-refractivity contribution in [2.45, 2.75) is 4.90 Å². The Morgan fingerprint density at radius 3 is 2.14 bits per heavy atom. The van der Waals surface area contributed by atoms with Gasteiger partial charge in [-0.05, 0) is 0 Å². The number of rotatable bonds is 1. The molecule has 78 valence electrons. The van der Waals surface area contributed by atoms with E-state index in [1.165, 1.54) is 0 Å². The van der Waals surface area contributed by atoms with E-state index >= 15 is 0 Å². The normalized spacial score (nSPS) is 11.7. The van der Waals surface area contributed by atoms with Crippen LogP contribution in [0.3, 0.4) is 0 Å². The predicted molar refractivity (Wildman–Crippen MR) is 41.0 cm³/mol. The Bertz CT molecular complexity index is 486. The van der Waals surface area contributed by atoms with E-state index in [4.69, 9.17) is 5.11 Å². The number of aromatic hydroxyl groups is 1. The van der Waals surface area contributed by atoms with Crippen LogP contribution in [0.2, 0.25) is 0 Å². The summed E-state index contributed by atoms with van der Waals surface area (Å²) >= 11 is 0. The lowest BCUT2D eigenvalue weighted by atomic mass is 10.3. The van der Waals surface area contributed by atoms with Crippen molar-refractivity contribution in [3.63, 3.8) is 0 Å². The molecule has 0 fully saturated rings. The molecule has 0 heterocycles. The van der Waals surface area contributed by atoms with E-state index in [1.54, 1.807) is 0 Å². The van der Waals surface area contributed by atoms with Gasteiger partial charge in [-0.1, -0.05) is 0 Å². The summed E-state index contributed by atoms with van der Waals surface area (Å²) in [5.41, 5.74) is 0. The monoisotopic (exact) mass is 246 g/mol. The average Bonchev–Trinajstić information content (AvgIpc) is 2.06. The smallest absolute Gasteiger partial charge is 0.264 e. The molecule has 0 aromatic heterocycles. The molecule has 1 aromatic rings. The number of hydrogen-bond acceptors (Lipinski definition) is 3. The molecular formula is C6H2ClF3O3S. The van der Waals surface area contributed by atoms with Crippen molar-refractivity contribution >= 4 is 19.7 Å². The lowest BCUT2D eigenvalue weighted by molar-refractivity contribution is 0.369. The number of benzene rings is 1. The molecular weight excluding hydrogens is 245 g/mol. The highest BCUT2D eigenvalue weighted by molar-refractivity contribution is 8.13. The van der Waals surface area contributed by atoms with Crippen LogP contribution in [-0.4, -0.2) is 13.5 Å². The second-order valence-electron chi connectivity index (χ2n) is 2.27. The molecule has 0 atom stereocenters. The average molecular weight is 247 g/mol. The Morgan fingerprint density at radius 2 is 1.71 bits per heavy atom. The SMILES string of the molecule is O=S(=O)(Cl)c1cc(F)c(O)c(F)c1F. The first-order valence-electron chi connectivity index (χ1n) is 3.06. The fourth-order valence-corrected chi connectivity index (χ4v) is 1.63. The fraction of sp³-hybridized carbons (Fsp3) is 0. The van der Waals surface area contributed by atoms with Crippen molar-refractivity contribution < 1.29 is 26.7 Å². The molecule has 0 bridgehead atoms. The standard InChI is InChI=1S/C6H2ClF3O3S/c7-14(12,13)3-1-2(8)6(11)5(10)4(3)9/h1,11H. The molecule has 0 spiro atoms. The second kappa shape index (κ2) is 3.32. The molecule has 0 amide bonds. The minimum absolute atomic E-state index is 0.0933. The van der Waals surface area contributed by atoms with Crippen molar-refractivity contribution in [2.24, 2.45) is 0 Å². The first-order chi connectivity index (χ1) is 6.25. The Labute approximate surface area is 81.2 Å². The summed E-state index contributed by atoms with van der Waals surface area (Å²) in [6.07, 6.45) is 0. The van der Waals surface area contributed by atoms with Crippen LogP contribution in [0.1, 0.15) is 0 Å². The summed E-state index contributed by atoms with van der Waals surface area (Å²) in [4.78, 5) is -1.35. The van der Waals surface area contributed by atoms with Gasteiger partial charge in [-0.15, -0.1) is 0 Å². The summed E-state index contributed by atoms with van der Waals surface area (Å²) in [6, 6.07) is 0.0933. The largest absolute Gasteiger partial charge is 0.503 e. The second-order valence-corrected chi connectivity index (χ2v) is 4.81. The van der Waals surface area contributed by atoms with Gasteiger partial charge in [-0.25, -0.2) is 17.2 Å². The van der Waals surface area contributed by atoms with Crippen LogP contribution in [-0.2, 0) is 9.05 Å². The van der Waals surface area contributed by atoms with Gasteiger partial charge in [0.05, 0.1) is 0 Å². The lowest BCUT2D eigenvalue weighted by Gasteiger charge is -2.02. The molecule has 0 saturated carbocycles. The van der Waals surface area contributed by atoms with E-state index in [1.807, 2.05) is 0 Å². The number of hydrogen-bond donors (Lipinski definition) is 1. The van der Waals surface area contributed by atoms with E-state index in [2.05, 4.69) is 10.7 Å². The van der Waals surface area contributed by atoms with Crippen molar-refractivity contribution in [1.29, 1.82) is 0 Å². The molecule has 0 radical (unpaired) electrons. The van der Waals surface area contributed by atoms with Gasteiger partial charge in [0.25, 0.3) is 9.05 Å². The Kier molecular flexibility index (Phi) is 2.64. The molecule has 1 aromatic carbocycles. The molecule has 1 N–H and O–H groups in total. The van der Waals surface area contributed by atoms with Crippen LogP contribution in [0.4, 0.5) is 13.2 Å². The van der Waals surface area contributed by atoms with Crippen LogP contribution >= 0.6 is 10.7 Å². The lowest BCUT2D eigenvalue weighted by Crippen LogP contribution is -2.00. The quantitative estimate of drug-likeness (QED) is 0.607. The minimum Gasteiger partial charge on any atom is -0.503 e. The molecule has 3 nitrogen and oxygen atoms in total. The summed E-state index contributed by atoms with van der Waals surface area (Å²) in [5, 5.41) is 8.55. The first kappa shape index (κ1) is 11.1. The van der Waals surface area contributed by atoms with Gasteiger partial charge in [-0.2, -0.15) is 4.39 Å². The van der Waals surface area contributed by atoms with E-state index < -0.39 is 37.1 Å². The Morgan fingerprint density at radius 1 is 1.21 bits per heavy atom. The highest BCUT2D eigenvalue weighted by atomic mass is 35.7. The van der Waals surface area contributed by atoms with E-state index in [0.29, 0.717) is 0 Å². The highest BCUT2D eigenvalue weighted by Crippen LogP contribution is 2.29. The van der Waals surface area contributed by atoms with Gasteiger partial charge in [-0.3, -0.25) is 0 Å². The predicted octanol–water partition coefficient (Wildman–Crippen LogP) is 1.74. The molecule has 0 unspecified atom stereocenters. The van der Waals surface area contributed by atoms with Crippen molar-refractivity contribution in [3.8, 4) is 5.75 Å². The number of halogens is 4. The first-order valence-corrected chi connectivity index (χ1v) is 5.37. The third-order valence-corrected chi connectivity index (χ3v) is 2.68. The molecule has 0 aliphatic rings. The topological polar surface area (TPSA) is 54.4 Å². The summed E-state index contributed by atoms with van der Waals surface area (Å²) in [7, 11) is 0.0882. The zero-order chi connectivity index (χ0) is 11.1. The van der Waals surface area contributed by atoms with Crippen LogP contribution in [0.5, 0.6) is 5.75 Å². The Hall–Kier alpha value is -0.950. The van der Waals surface area contributed by atoms with E-state index in [-0.39, 0.29) is 6.07 Å². The van der Waals surface area contributed by atoms with Crippen molar-refractivity contribution in [1.82, 2.24) is 0 Å². The van der Waals surface area contributed by atoms with Gasteiger partial charge in [0.1, 0.15) is 4.90 Å². The zero-order valence-electron chi connectivity index (χ0n) is 6.26. The fourth-order valence-electron chi connectivity index (χ4n) is 0.741. The third-order valence-electron chi connectivity index (χ3n) is 1.36. The van der Waals surface area contributed by atoms with Crippen molar-refractivity contribution in [2.75, 3.05) is 0 Å². The highest BCUT2D eigenvalue weighted by Gasteiger charge is 2.25. The number of phenolic OH excluding ortho intramolecular Hbond substituents is 1. The molecule has 0 saturated heterocycles. The van der Waals surface area contributed by atoms with Crippen LogP contribution in [0, 0.1) is 17.5 Å². The van der Waals surface area contributed by atoms with E-state index in [9.17, 15) is 21.6 Å². The molecule has 0 aliphatic carbocycles. The van der Waals surface area contributed by atoms with E-state index in [0.717, 1.165) is 0 Å². The van der Waals surface area contributed by atoms with Gasteiger partial charge in [0, 0.05) is 16.7 Å². The van der Waals surface area contributed by atoms with Gasteiger partial charge in [0.2, 0.25) is 5.82 Å². The van der Waals surface area contributed by atoms with Gasteiger partial charge < -0.3 is 5.11 Å². The maximum Gasteiger partial charge on any atom is 0.264 e. The Balaban J connectivity index is 3.66. The maximum absolute atomic E-state index is 12.8. The summed E-state index contributed by atoms with van der Waals surface area (Å²) in [5.74, 6) is -7.11. The van der Waals surface area contributed by atoms with Crippen molar-refractivity contribution in [3.05, 3.63) is 23.5 Å². The summed E-state index contributed by atoms with van der Waals surface area (Å²) < 4.78 is 59.1. The molecule has 1 rings (SSSR count). The summed E-state index contributed by atoms with van der Waals surface area (Å²) in [6.45, 7) is 0. The zero-order valence-corrected chi connectivity index (χ0v) is 7.83. The van der Waals surface area contributed by atoms with Crippen LogP contribution in [0.25, 0.3) is 0 Å². The van der Waals surface area contributed by atoms with Gasteiger partial charge in [0.15, 0.2) is 17.4 Å². The third kappa shape index (κ3) is 1.78. The van der Waals surface area contributed by atoms with Crippen LogP contribution < -0.4 is 0 Å². The van der Waals surface area contributed by atoms with Crippen LogP contribution in [0.15, 0.2) is 11.0 Å². The molecule has 0 aliphatic heterocycles. The number of phenols is 1. The van der Waals surface area contributed by atoms with Gasteiger partial charge >= 0.3 is 0 Å². The molecule has 14 heavy (non-hydrogen) atoms.